The molecule has 6 heterocycles. The lowest BCUT2D eigenvalue weighted by Crippen LogP contribution is -2.51. The van der Waals surface area contributed by atoms with E-state index in [2.05, 4.69) is 31.5 Å². The molecule has 1 aliphatic carbocycles. The van der Waals surface area contributed by atoms with Gasteiger partial charge in [0.1, 0.15) is 46.4 Å². The number of morpholine rings is 1. The van der Waals surface area contributed by atoms with Crippen LogP contribution in [0.25, 0.3) is 22.9 Å². The molecule has 0 bridgehead atoms. The van der Waals surface area contributed by atoms with E-state index in [9.17, 15) is 24.0 Å². The molecule has 3 atom stereocenters. The van der Waals surface area contributed by atoms with Gasteiger partial charge in [-0.25, -0.2) is 9.97 Å². The summed E-state index contributed by atoms with van der Waals surface area (Å²) < 4.78 is 25.1. The van der Waals surface area contributed by atoms with Crippen LogP contribution in [0.5, 0.6) is 5.75 Å². The number of anilines is 2. The highest BCUT2D eigenvalue weighted by atomic mass is 16.5. The monoisotopic (exact) mass is 894 g/mol. The van der Waals surface area contributed by atoms with Gasteiger partial charge < -0.3 is 45.4 Å². The maximum atomic E-state index is 13.9. The number of nitrogens with one attached hydrogen (secondary N) is 4. The highest BCUT2D eigenvalue weighted by Gasteiger charge is 2.31. The Balaban J connectivity index is 1.10. The number of aryl methyl sites for hydroxylation is 4. The zero-order chi connectivity index (χ0) is 45.9. The van der Waals surface area contributed by atoms with Crippen LogP contribution in [-0.4, -0.2) is 114 Å². The third-order valence-electron chi connectivity index (χ3n) is 11.6. The third kappa shape index (κ3) is 9.30. The van der Waals surface area contributed by atoms with Gasteiger partial charge in [-0.2, -0.15) is 10.2 Å². The predicted molar refractivity (Wildman–Crippen MR) is 236 cm³/mol. The lowest BCUT2D eigenvalue weighted by molar-refractivity contribution is -0.126. The zero-order valence-electron chi connectivity index (χ0n) is 36.8. The number of amides is 5. The van der Waals surface area contributed by atoms with Crippen molar-refractivity contribution in [1.29, 1.82) is 0 Å². The van der Waals surface area contributed by atoms with Gasteiger partial charge in [0.05, 0.1) is 54.0 Å². The normalized spacial score (nSPS) is 17.8. The van der Waals surface area contributed by atoms with Gasteiger partial charge in [0.25, 0.3) is 11.8 Å². The second-order valence-corrected chi connectivity index (χ2v) is 16.2. The first-order valence-electron chi connectivity index (χ1n) is 21.9. The molecule has 344 valence electrons. The molecule has 22 heteroatoms. The fourth-order valence-electron chi connectivity index (χ4n) is 8.50. The smallest absolute Gasteiger partial charge is 0.276 e. The first kappa shape index (κ1) is 44.5. The van der Waals surface area contributed by atoms with E-state index in [4.69, 9.17) is 35.6 Å². The Hall–Kier alpha value is -7.07. The maximum absolute atomic E-state index is 13.9. The Bertz CT molecular complexity index is 2800. The molecule has 0 radical (unpaired) electrons. The number of nitrogens with two attached hydrogens (primary N) is 2. The van der Waals surface area contributed by atoms with Crippen LogP contribution < -0.4 is 48.2 Å². The van der Waals surface area contributed by atoms with E-state index in [1.807, 2.05) is 36.8 Å². The number of aromatic nitrogens is 8. The molecular formula is C43H54N14O8. The average molecular weight is 895 g/mol. The number of fused-ring (bicyclic) bond motifs is 1. The molecule has 2 unspecified atom stereocenters. The molecule has 0 saturated carbocycles. The van der Waals surface area contributed by atoms with Gasteiger partial charge in [-0.05, 0) is 77.3 Å². The molecule has 5 aromatic rings. The van der Waals surface area contributed by atoms with Crippen LogP contribution in [0, 0.1) is 19.8 Å². The number of hydrogen-bond acceptors (Lipinski definition) is 13. The minimum Gasteiger partial charge on any atom is -0.496 e. The molecule has 65 heavy (non-hydrogen) atoms. The predicted octanol–water partition coefficient (Wildman–Crippen LogP) is 0.205. The number of primary amides is 2. The lowest BCUT2D eigenvalue weighted by Gasteiger charge is -2.27. The van der Waals surface area contributed by atoms with Crippen molar-refractivity contribution in [3.63, 3.8) is 0 Å². The van der Waals surface area contributed by atoms with Crippen molar-refractivity contribution in [3.8, 4) is 5.75 Å². The maximum Gasteiger partial charge on any atom is 0.276 e. The Kier molecular flexibility index (Phi) is 13.0. The summed E-state index contributed by atoms with van der Waals surface area (Å²) in [5.74, 6) is -1.57. The quantitative estimate of drug-likeness (QED) is 0.0643. The molecule has 1 saturated heterocycles. The van der Waals surface area contributed by atoms with E-state index < -0.39 is 35.6 Å². The van der Waals surface area contributed by atoms with Gasteiger partial charge in [-0.3, -0.25) is 44.0 Å². The third-order valence-corrected chi connectivity index (χ3v) is 11.6. The second kappa shape index (κ2) is 19.0. The van der Waals surface area contributed by atoms with E-state index >= 15 is 0 Å². The summed E-state index contributed by atoms with van der Waals surface area (Å²) in [5, 5.41) is 21.9. The Labute approximate surface area is 372 Å². The fourth-order valence-corrected chi connectivity index (χ4v) is 8.50. The molecule has 8 rings (SSSR count). The van der Waals surface area contributed by atoms with E-state index in [1.165, 1.54) is 0 Å². The Morgan fingerprint density at radius 3 is 2.26 bits per heavy atom. The number of hydrogen-bond donors (Lipinski definition) is 6. The Morgan fingerprint density at radius 1 is 0.908 bits per heavy atom. The van der Waals surface area contributed by atoms with Crippen molar-refractivity contribution in [2.75, 3.05) is 50.2 Å². The zero-order valence-corrected chi connectivity index (χ0v) is 36.8. The second-order valence-electron chi connectivity index (χ2n) is 16.2. The molecule has 4 aromatic heterocycles. The number of ether oxygens (including phenoxy) is 3. The molecule has 5 amide bonds. The molecule has 8 N–H and O–H groups in total. The summed E-state index contributed by atoms with van der Waals surface area (Å²) in [4.78, 5) is 74.9. The number of benzene rings is 1. The lowest BCUT2D eigenvalue weighted by atomic mass is 9.99. The minimum absolute atomic E-state index is 0.159. The number of imidazole rings is 2. The summed E-state index contributed by atoms with van der Waals surface area (Å²) in [6.45, 7) is 10.8. The van der Waals surface area contributed by atoms with E-state index in [0.29, 0.717) is 121 Å². The van der Waals surface area contributed by atoms with Crippen molar-refractivity contribution in [3.05, 3.63) is 63.3 Å². The number of nitrogens with zero attached hydrogens (tertiary/aromatic N) is 8. The first-order valence-corrected chi connectivity index (χ1v) is 21.9. The largest absolute Gasteiger partial charge is 0.496 e. The number of rotatable bonds is 18. The van der Waals surface area contributed by atoms with Crippen LogP contribution in [0.2, 0.25) is 0 Å². The summed E-state index contributed by atoms with van der Waals surface area (Å²) >= 11 is 0. The average Bonchev–Trinajstić information content (AvgIpc) is 4.07. The van der Waals surface area contributed by atoms with Crippen LogP contribution >= 0.6 is 0 Å². The van der Waals surface area contributed by atoms with Gasteiger partial charge in [0.2, 0.25) is 29.6 Å². The molecule has 1 fully saturated rings. The van der Waals surface area contributed by atoms with Gasteiger partial charge in [0.15, 0.2) is 0 Å². The van der Waals surface area contributed by atoms with Crippen molar-refractivity contribution in [2.45, 2.75) is 85.1 Å². The number of carbonyl (C=O) groups excluding carboxylic acids is 5. The molecule has 3 aliphatic rings. The highest BCUT2D eigenvalue weighted by Crippen LogP contribution is 2.39. The van der Waals surface area contributed by atoms with E-state index in [1.54, 1.807) is 39.7 Å². The van der Waals surface area contributed by atoms with Crippen molar-refractivity contribution >= 4 is 64.3 Å². The molecule has 0 spiro atoms. The first-order chi connectivity index (χ1) is 31.3. The van der Waals surface area contributed by atoms with E-state index in [-0.39, 0.29) is 49.0 Å². The van der Waals surface area contributed by atoms with Gasteiger partial charge >= 0.3 is 0 Å². The van der Waals surface area contributed by atoms with Gasteiger partial charge in [-0.15, -0.1) is 0 Å². The van der Waals surface area contributed by atoms with Gasteiger partial charge in [0, 0.05) is 44.7 Å². The molecular weight excluding hydrogens is 841 g/mol. The molecule has 2 aliphatic heterocycles. The summed E-state index contributed by atoms with van der Waals surface area (Å²) in [5.41, 5.74) is 14.8. The van der Waals surface area contributed by atoms with Crippen molar-refractivity contribution in [1.82, 2.24) is 49.3 Å². The molecule has 1 aromatic carbocycles. The van der Waals surface area contributed by atoms with Gasteiger partial charge in [-0.1, -0.05) is 0 Å². The summed E-state index contributed by atoms with van der Waals surface area (Å²) in [7, 11) is 0. The van der Waals surface area contributed by atoms with Crippen molar-refractivity contribution < 1.29 is 38.2 Å². The van der Waals surface area contributed by atoms with Crippen LogP contribution in [0.4, 0.5) is 11.9 Å². The van der Waals surface area contributed by atoms with Crippen LogP contribution in [0.1, 0.15) is 88.3 Å². The highest BCUT2D eigenvalue weighted by molar-refractivity contribution is 6.04. The van der Waals surface area contributed by atoms with Crippen LogP contribution in [0.15, 0.2) is 24.3 Å². The standard InChI is InChI=1S/C43H54N14O8/c1-5-55-31(15-23(3)52-55)40(61)50-42-48-28-17-25(37(44)58)19-33(64-13-8-10-47-39(60)30-22-63-14-11-46-30)35(28)54(42)12-7-9-27-21-65-34-20-26(38(45)59)18-29-36(34)57(27)43(49-29)51-41(62)32-16-24(4)53-56(32)6-2/h15-18,20,25,27,30,46H,5-14,19,21-22H2,1-4H3,(H2,44,58)(H2,45,59)(H,47,60)(H,48,50,61)(H,49,51,62)/t25?,27-,30?/m0/s1. The number of carbonyl (C=O) groups is 5. The molecule has 22 nitrogen and oxygen atoms in total. The SMILES string of the molecule is CCn1nc(C)cc1C(=O)Nc1nc2c(n1CCC[C@H]1COc3cc(C(N)=O)cc4nc(NC(=O)c5cc(C)nn5CC)n1c34)=C(OCCCNC(=O)C1COCCN1)CC(C(N)=O)C=2. The van der Waals surface area contributed by atoms with Crippen LogP contribution in [-0.2, 0) is 38.7 Å². The Morgan fingerprint density at radius 2 is 1.62 bits per heavy atom. The topological polar surface area (TPSA) is 284 Å². The van der Waals surface area contributed by atoms with Crippen LogP contribution in [0.3, 0.4) is 0 Å². The fraction of sp³-hybridized carbons (Fsp3) is 0.465. The minimum atomic E-state index is -0.725. The van der Waals surface area contributed by atoms with Crippen molar-refractivity contribution in [2.24, 2.45) is 17.4 Å². The summed E-state index contributed by atoms with van der Waals surface area (Å²) in [6.07, 6.45) is 3.29. The van der Waals surface area contributed by atoms with E-state index in [0.717, 1.165) is 0 Å². The summed E-state index contributed by atoms with van der Waals surface area (Å²) in [6, 6.07) is 5.77.